The molecule has 0 aromatic carbocycles. The maximum absolute atomic E-state index is 8.74. The number of hydrogen-bond acceptors (Lipinski definition) is 4. The summed E-state index contributed by atoms with van der Waals surface area (Å²) in [7, 11) is 0. The Bertz CT molecular complexity index is 488. The largest absolute Gasteiger partial charge is 0.409 e. The first-order valence-corrected chi connectivity index (χ1v) is 7.01. The number of hydrogen-bond donors (Lipinski definition) is 2. The summed E-state index contributed by atoms with van der Waals surface area (Å²) in [5.74, 6) is 1.85. The third kappa shape index (κ3) is 2.25. The lowest BCUT2D eigenvalue weighted by atomic mass is 9.85. The van der Waals surface area contributed by atoms with E-state index in [0.717, 1.165) is 18.3 Å². The molecule has 1 saturated carbocycles. The second-order valence-electron chi connectivity index (χ2n) is 5.46. The minimum Gasteiger partial charge on any atom is -0.409 e. The van der Waals surface area contributed by atoms with E-state index in [9.17, 15) is 0 Å². The first kappa shape index (κ1) is 12.3. The van der Waals surface area contributed by atoms with Gasteiger partial charge in [-0.25, -0.2) is 4.98 Å². The van der Waals surface area contributed by atoms with E-state index < -0.39 is 0 Å². The SMILES string of the molecule is N/C(=N/O)c1cccc(N2CCC3CCCCC32)n1. The molecule has 1 aromatic heterocycles. The van der Waals surface area contributed by atoms with Crippen LogP contribution in [0.4, 0.5) is 5.82 Å². The highest BCUT2D eigenvalue weighted by atomic mass is 16.4. The van der Waals surface area contributed by atoms with Gasteiger partial charge in [0.1, 0.15) is 11.5 Å². The van der Waals surface area contributed by atoms with Crippen molar-refractivity contribution in [2.75, 3.05) is 11.4 Å². The van der Waals surface area contributed by atoms with Crippen LogP contribution in [0.5, 0.6) is 0 Å². The lowest BCUT2D eigenvalue weighted by Gasteiger charge is -2.32. The first-order valence-electron chi connectivity index (χ1n) is 7.01. The Balaban J connectivity index is 1.86. The van der Waals surface area contributed by atoms with Crippen molar-refractivity contribution in [3.63, 3.8) is 0 Å². The lowest BCUT2D eigenvalue weighted by molar-refractivity contribution is 0.318. The molecule has 2 aliphatic rings. The van der Waals surface area contributed by atoms with E-state index >= 15 is 0 Å². The fourth-order valence-electron chi connectivity index (χ4n) is 3.47. The van der Waals surface area contributed by atoms with Crippen molar-refractivity contribution >= 4 is 11.7 Å². The van der Waals surface area contributed by atoms with E-state index in [1.54, 1.807) is 6.07 Å². The summed E-state index contributed by atoms with van der Waals surface area (Å²) in [6.45, 7) is 1.07. The highest BCUT2D eigenvalue weighted by molar-refractivity contribution is 5.95. The molecule has 1 aromatic rings. The van der Waals surface area contributed by atoms with Gasteiger partial charge in [0.2, 0.25) is 0 Å². The van der Waals surface area contributed by atoms with Gasteiger partial charge >= 0.3 is 0 Å². The van der Waals surface area contributed by atoms with Crippen LogP contribution in [0, 0.1) is 5.92 Å². The van der Waals surface area contributed by atoms with Crippen LogP contribution in [0.1, 0.15) is 37.8 Å². The average Bonchev–Trinajstić information content (AvgIpc) is 2.90. The summed E-state index contributed by atoms with van der Waals surface area (Å²) in [5, 5.41) is 11.8. The van der Waals surface area contributed by atoms with Crippen molar-refractivity contribution < 1.29 is 5.21 Å². The van der Waals surface area contributed by atoms with Gasteiger partial charge in [-0.05, 0) is 37.3 Å². The van der Waals surface area contributed by atoms with Crippen LogP contribution in [-0.2, 0) is 0 Å². The van der Waals surface area contributed by atoms with Crippen molar-refractivity contribution in [1.29, 1.82) is 0 Å². The Morgan fingerprint density at radius 1 is 1.32 bits per heavy atom. The van der Waals surface area contributed by atoms with Crippen LogP contribution >= 0.6 is 0 Å². The van der Waals surface area contributed by atoms with Crippen LogP contribution in [0.15, 0.2) is 23.4 Å². The molecular weight excluding hydrogens is 240 g/mol. The van der Waals surface area contributed by atoms with Gasteiger partial charge in [-0.15, -0.1) is 0 Å². The number of amidine groups is 1. The molecule has 1 aliphatic heterocycles. The van der Waals surface area contributed by atoms with Crippen LogP contribution in [0.3, 0.4) is 0 Å². The summed E-state index contributed by atoms with van der Waals surface area (Å²) < 4.78 is 0. The van der Waals surface area contributed by atoms with Crippen molar-refractivity contribution in [3.8, 4) is 0 Å². The van der Waals surface area contributed by atoms with Gasteiger partial charge in [0.25, 0.3) is 0 Å². The van der Waals surface area contributed by atoms with Crippen molar-refractivity contribution in [2.45, 2.75) is 38.1 Å². The fourth-order valence-corrected chi connectivity index (χ4v) is 3.47. The van der Waals surface area contributed by atoms with Crippen LogP contribution in [-0.4, -0.2) is 28.6 Å². The number of nitrogens with two attached hydrogens (primary N) is 1. The third-order valence-electron chi connectivity index (χ3n) is 4.41. The topological polar surface area (TPSA) is 74.7 Å². The Labute approximate surface area is 113 Å². The molecular formula is C14H20N4O. The molecule has 1 aliphatic carbocycles. The zero-order chi connectivity index (χ0) is 13.2. The Morgan fingerprint density at radius 3 is 3.00 bits per heavy atom. The van der Waals surface area contributed by atoms with Gasteiger partial charge in [-0.3, -0.25) is 0 Å². The maximum Gasteiger partial charge on any atom is 0.188 e. The molecule has 5 heteroatoms. The molecule has 1 saturated heterocycles. The van der Waals surface area contributed by atoms with E-state index in [4.69, 9.17) is 10.9 Å². The average molecular weight is 260 g/mol. The zero-order valence-electron chi connectivity index (χ0n) is 11.0. The first-order chi connectivity index (χ1) is 9.29. The van der Waals surface area contributed by atoms with Gasteiger partial charge in [-0.1, -0.05) is 24.1 Å². The molecule has 3 N–H and O–H groups in total. The van der Waals surface area contributed by atoms with Crippen LogP contribution in [0.2, 0.25) is 0 Å². The molecule has 102 valence electrons. The quantitative estimate of drug-likeness (QED) is 0.369. The minimum absolute atomic E-state index is 0.0706. The number of fused-ring (bicyclic) bond motifs is 1. The van der Waals surface area contributed by atoms with Crippen molar-refractivity contribution in [2.24, 2.45) is 16.8 Å². The standard InChI is InChI=1S/C14H20N4O/c15-14(17-19)11-5-3-7-13(16-11)18-9-8-10-4-1-2-6-12(10)18/h3,5,7,10,12,19H,1-2,4,6,8-9H2,(H2,15,17). The molecule has 19 heavy (non-hydrogen) atoms. The third-order valence-corrected chi connectivity index (χ3v) is 4.41. The van der Waals surface area contributed by atoms with Gasteiger partial charge in [0.15, 0.2) is 5.84 Å². The number of pyridine rings is 1. The molecule has 0 amide bonds. The number of anilines is 1. The normalized spacial score (nSPS) is 27.4. The molecule has 5 nitrogen and oxygen atoms in total. The second-order valence-corrected chi connectivity index (χ2v) is 5.46. The van der Waals surface area contributed by atoms with Gasteiger partial charge in [0.05, 0.1) is 0 Å². The number of aromatic nitrogens is 1. The van der Waals surface area contributed by atoms with Crippen molar-refractivity contribution in [1.82, 2.24) is 4.98 Å². The van der Waals surface area contributed by atoms with Gasteiger partial charge in [-0.2, -0.15) is 0 Å². The minimum atomic E-state index is 0.0706. The monoisotopic (exact) mass is 260 g/mol. The van der Waals surface area contributed by atoms with E-state index in [0.29, 0.717) is 11.7 Å². The van der Waals surface area contributed by atoms with Crippen molar-refractivity contribution in [3.05, 3.63) is 23.9 Å². The van der Waals surface area contributed by atoms with E-state index in [1.165, 1.54) is 32.1 Å². The predicted molar refractivity (Wildman–Crippen MR) is 74.5 cm³/mol. The summed E-state index contributed by atoms with van der Waals surface area (Å²) in [4.78, 5) is 6.93. The molecule has 2 unspecified atom stereocenters. The second kappa shape index (κ2) is 5.07. The van der Waals surface area contributed by atoms with Gasteiger partial charge in [0, 0.05) is 12.6 Å². The Kier molecular flexibility index (Phi) is 3.27. The number of nitrogens with zero attached hydrogens (tertiary/aromatic N) is 3. The zero-order valence-corrected chi connectivity index (χ0v) is 11.0. The summed E-state index contributed by atoms with van der Waals surface area (Å²) >= 11 is 0. The lowest BCUT2D eigenvalue weighted by Crippen LogP contribution is -2.35. The Hall–Kier alpha value is -1.78. The number of oxime groups is 1. The summed E-state index contributed by atoms with van der Waals surface area (Å²) in [6, 6.07) is 6.34. The van der Waals surface area contributed by atoms with Crippen LogP contribution in [0.25, 0.3) is 0 Å². The summed E-state index contributed by atoms with van der Waals surface area (Å²) in [5.41, 5.74) is 6.15. The molecule has 2 atom stereocenters. The molecule has 2 heterocycles. The van der Waals surface area contributed by atoms with Gasteiger partial charge < -0.3 is 15.8 Å². The number of rotatable bonds is 2. The molecule has 0 bridgehead atoms. The summed E-state index contributed by atoms with van der Waals surface area (Å²) in [6.07, 6.45) is 6.56. The maximum atomic E-state index is 8.74. The Morgan fingerprint density at radius 2 is 2.16 bits per heavy atom. The molecule has 0 spiro atoms. The predicted octanol–water partition coefficient (Wildman–Crippen LogP) is 1.95. The highest BCUT2D eigenvalue weighted by Gasteiger charge is 2.36. The molecule has 3 rings (SSSR count). The van der Waals surface area contributed by atoms with Crippen LogP contribution < -0.4 is 10.6 Å². The molecule has 0 radical (unpaired) electrons. The van der Waals surface area contributed by atoms with E-state index in [1.807, 2.05) is 12.1 Å². The van der Waals surface area contributed by atoms with E-state index in [2.05, 4.69) is 15.0 Å². The van der Waals surface area contributed by atoms with E-state index in [-0.39, 0.29) is 5.84 Å². The molecule has 2 fully saturated rings. The smallest absolute Gasteiger partial charge is 0.188 e. The highest BCUT2D eigenvalue weighted by Crippen LogP contribution is 2.38. The fraction of sp³-hybridized carbons (Fsp3) is 0.571.